The van der Waals surface area contributed by atoms with Crippen molar-refractivity contribution in [3.8, 4) is 0 Å². The fourth-order valence-electron chi connectivity index (χ4n) is 2.88. The molecule has 0 aliphatic heterocycles. The van der Waals surface area contributed by atoms with Gasteiger partial charge in [0.15, 0.2) is 0 Å². The minimum atomic E-state index is 0.0654. The van der Waals surface area contributed by atoms with Gasteiger partial charge >= 0.3 is 0 Å². The van der Waals surface area contributed by atoms with Crippen molar-refractivity contribution in [2.24, 2.45) is 5.92 Å². The predicted octanol–water partition coefficient (Wildman–Crippen LogP) is 2.84. The molecule has 0 spiro atoms. The highest BCUT2D eigenvalue weighted by Crippen LogP contribution is 2.52. The molecule has 88 valence electrons. The van der Waals surface area contributed by atoms with E-state index in [-0.39, 0.29) is 5.41 Å². The lowest BCUT2D eigenvalue weighted by atomic mass is 9.59. The van der Waals surface area contributed by atoms with Gasteiger partial charge in [-0.25, -0.2) is 0 Å². The van der Waals surface area contributed by atoms with Crippen LogP contribution in [0.15, 0.2) is 29.8 Å². The maximum Gasteiger partial charge on any atom is 0.127 e. The zero-order valence-electron chi connectivity index (χ0n) is 9.76. The minimum absolute atomic E-state index is 0.0654. The summed E-state index contributed by atoms with van der Waals surface area (Å²) >= 11 is 1.65. The Labute approximate surface area is 105 Å². The van der Waals surface area contributed by atoms with E-state index in [2.05, 4.69) is 29.3 Å². The molecule has 1 aliphatic carbocycles. The summed E-state index contributed by atoms with van der Waals surface area (Å²) in [4.78, 5) is 0. The Balaban J connectivity index is 2.07. The summed E-state index contributed by atoms with van der Waals surface area (Å²) in [7, 11) is 0. The summed E-state index contributed by atoms with van der Waals surface area (Å²) in [6, 6.07) is 8.19. The fraction of sp³-hybridized carbons (Fsp3) is 0.385. The van der Waals surface area contributed by atoms with Crippen LogP contribution in [0.4, 0.5) is 5.69 Å². The van der Waals surface area contributed by atoms with Gasteiger partial charge in [0.05, 0.1) is 0 Å². The smallest absolute Gasteiger partial charge is 0.127 e. The van der Waals surface area contributed by atoms with Crippen LogP contribution in [0.5, 0.6) is 0 Å². The summed E-state index contributed by atoms with van der Waals surface area (Å²) in [6.07, 6.45) is 2.29. The highest BCUT2D eigenvalue weighted by atomic mass is 32.1. The maximum atomic E-state index is 5.89. The average molecular weight is 245 g/mol. The van der Waals surface area contributed by atoms with Crippen molar-refractivity contribution >= 4 is 17.0 Å². The van der Waals surface area contributed by atoms with Crippen LogP contribution in [0.25, 0.3) is 0 Å². The normalized spacial score (nSPS) is 27.7. The number of nitrogens with zero attached hydrogens (tertiary/aromatic N) is 2. The second-order valence-corrected chi connectivity index (χ2v) is 5.80. The minimum Gasteiger partial charge on any atom is -0.399 e. The molecule has 4 heteroatoms. The molecular formula is C13H15N3S. The highest BCUT2D eigenvalue weighted by Gasteiger charge is 2.47. The fourth-order valence-corrected chi connectivity index (χ4v) is 3.68. The topological polar surface area (TPSA) is 51.8 Å². The molecule has 0 radical (unpaired) electrons. The Morgan fingerprint density at radius 1 is 1.41 bits per heavy atom. The first-order valence-electron chi connectivity index (χ1n) is 5.83. The molecule has 1 aliphatic rings. The largest absolute Gasteiger partial charge is 0.399 e. The first kappa shape index (κ1) is 10.7. The van der Waals surface area contributed by atoms with Crippen molar-refractivity contribution in [2.45, 2.75) is 25.2 Å². The van der Waals surface area contributed by atoms with Crippen LogP contribution in [0.1, 0.15) is 30.3 Å². The lowest BCUT2D eigenvalue weighted by Gasteiger charge is -2.45. The van der Waals surface area contributed by atoms with E-state index in [1.807, 2.05) is 17.6 Å². The number of anilines is 1. The summed E-state index contributed by atoms with van der Waals surface area (Å²) in [5.74, 6) is 0.750. The third-order valence-electron chi connectivity index (χ3n) is 3.60. The average Bonchev–Trinajstić information content (AvgIpc) is 2.78. The third kappa shape index (κ3) is 1.63. The molecule has 0 bridgehead atoms. The molecular weight excluding hydrogens is 230 g/mol. The second kappa shape index (κ2) is 3.81. The van der Waals surface area contributed by atoms with Crippen molar-refractivity contribution < 1.29 is 0 Å². The quantitative estimate of drug-likeness (QED) is 0.828. The van der Waals surface area contributed by atoms with Gasteiger partial charge in [-0.1, -0.05) is 19.1 Å². The van der Waals surface area contributed by atoms with Crippen LogP contribution in [-0.2, 0) is 5.41 Å². The molecule has 1 aromatic heterocycles. The van der Waals surface area contributed by atoms with E-state index in [0.29, 0.717) is 0 Å². The number of nitrogens with two attached hydrogens (primary N) is 1. The predicted molar refractivity (Wildman–Crippen MR) is 69.9 cm³/mol. The van der Waals surface area contributed by atoms with Crippen LogP contribution in [0, 0.1) is 5.92 Å². The van der Waals surface area contributed by atoms with Gasteiger partial charge < -0.3 is 5.73 Å². The van der Waals surface area contributed by atoms with Crippen LogP contribution >= 0.6 is 11.3 Å². The molecule has 0 atom stereocenters. The highest BCUT2D eigenvalue weighted by molar-refractivity contribution is 7.09. The van der Waals surface area contributed by atoms with E-state index >= 15 is 0 Å². The van der Waals surface area contributed by atoms with Crippen molar-refractivity contribution in [2.75, 3.05) is 5.73 Å². The molecule has 2 N–H and O–H groups in total. The van der Waals surface area contributed by atoms with E-state index in [1.54, 1.807) is 11.3 Å². The van der Waals surface area contributed by atoms with Gasteiger partial charge in [0.25, 0.3) is 0 Å². The van der Waals surface area contributed by atoms with E-state index in [4.69, 9.17) is 5.73 Å². The molecule has 1 saturated carbocycles. The van der Waals surface area contributed by atoms with Gasteiger partial charge in [-0.05, 0) is 36.5 Å². The Hall–Kier alpha value is -1.42. The number of rotatable bonds is 2. The molecule has 3 nitrogen and oxygen atoms in total. The zero-order valence-corrected chi connectivity index (χ0v) is 10.6. The lowest BCUT2D eigenvalue weighted by Crippen LogP contribution is -2.41. The lowest BCUT2D eigenvalue weighted by molar-refractivity contribution is 0.199. The van der Waals surface area contributed by atoms with Gasteiger partial charge in [0.1, 0.15) is 10.5 Å². The Morgan fingerprint density at radius 3 is 2.82 bits per heavy atom. The van der Waals surface area contributed by atoms with Gasteiger partial charge in [-0.15, -0.1) is 21.5 Å². The van der Waals surface area contributed by atoms with Gasteiger partial charge in [0, 0.05) is 11.1 Å². The van der Waals surface area contributed by atoms with Crippen molar-refractivity contribution in [3.63, 3.8) is 0 Å². The molecule has 2 aromatic rings. The summed E-state index contributed by atoms with van der Waals surface area (Å²) in [5, 5.41) is 9.39. The Bertz CT molecular complexity index is 515. The van der Waals surface area contributed by atoms with Gasteiger partial charge in [-0.3, -0.25) is 0 Å². The third-order valence-corrected chi connectivity index (χ3v) is 4.50. The van der Waals surface area contributed by atoms with E-state index in [1.165, 1.54) is 5.56 Å². The molecule has 1 heterocycles. The molecule has 0 saturated heterocycles. The van der Waals surface area contributed by atoms with E-state index in [0.717, 1.165) is 29.5 Å². The second-order valence-electron chi connectivity index (χ2n) is 4.96. The first-order valence-corrected chi connectivity index (χ1v) is 6.71. The summed E-state index contributed by atoms with van der Waals surface area (Å²) in [5.41, 5.74) is 9.88. The van der Waals surface area contributed by atoms with Crippen LogP contribution in [-0.4, -0.2) is 10.2 Å². The SMILES string of the molecule is CC1CC(c2cccc(N)c2)(c2nncs2)C1. The molecule has 0 unspecified atom stereocenters. The number of aromatic nitrogens is 2. The van der Waals surface area contributed by atoms with E-state index < -0.39 is 0 Å². The molecule has 0 amide bonds. The zero-order chi connectivity index (χ0) is 11.9. The summed E-state index contributed by atoms with van der Waals surface area (Å²) in [6.45, 7) is 2.28. The van der Waals surface area contributed by atoms with Crippen molar-refractivity contribution in [3.05, 3.63) is 40.3 Å². The molecule has 17 heavy (non-hydrogen) atoms. The van der Waals surface area contributed by atoms with Crippen molar-refractivity contribution in [1.29, 1.82) is 0 Å². The van der Waals surface area contributed by atoms with Crippen LogP contribution < -0.4 is 5.73 Å². The molecule has 1 aromatic carbocycles. The molecule has 3 rings (SSSR count). The van der Waals surface area contributed by atoms with E-state index in [9.17, 15) is 0 Å². The molecule has 1 fully saturated rings. The number of nitrogen functional groups attached to an aromatic ring is 1. The van der Waals surface area contributed by atoms with Crippen LogP contribution in [0.2, 0.25) is 0 Å². The number of hydrogen-bond acceptors (Lipinski definition) is 4. The Morgan fingerprint density at radius 2 is 2.24 bits per heavy atom. The van der Waals surface area contributed by atoms with Crippen molar-refractivity contribution in [1.82, 2.24) is 10.2 Å². The number of hydrogen-bond donors (Lipinski definition) is 1. The maximum absolute atomic E-state index is 5.89. The van der Waals surface area contributed by atoms with Crippen LogP contribution in [0.3, 0.4) is 0 Å². The monoisotopic (exact) mass is 245 g/mol. The van der Waals surface area contributed by atoms with Gasteiger partial charge in [-0.2, -0.15) is 0 Å². The standard InChI is InChI=1S/C13H15N3S/c1-9-6-13(7-9,12-16-15-8-17-12)10-3-2-4-11(14)5-10/h2-5,8-9H,6-7,14H2,1H3. The Kier molecular flexibility index (Phi) is 2.40. The van der Waals surface area contributed by atoms with Gasteiger partial charge in [0.2, 0.25) is 0 Å². The first-order chi connectivity index (χ1) is 8.21. The summed E-state index contributed by atoms with van der Waals surface area (Å²) < 4.78 is 0. The number of benzene rings is 1.